The van der Waals surface area contributed by atoms with E-state index in [9.17, 15) is 9.59 Å². The van der Waals surface area contributed by atoms with Gasteiger partial charge in [0.15, 0.2) is 0 Å². The maximum absolute atomic E-state index is 10.9. The number of benzene rings is 1. The molecule has 0 aliphatic carbocycles. The van der Waals surface area contributed by atoms with E-state index < -0.39 is 0 Å². The first-order valence-corrected chi connectivity index (χ1v) is 5.07. The zero-order valence-electron chi connectivity index (χ0n) is 9.78. The minimum Gasteiger partial charge on any atom is -0.367 e. The molecule has 0 spiro atoms. The summed E-state index contributed by atoms with van der Waals surface area (Å²) in [5, 5.41) is 2.69. The Morgan fingerprint density at radius 1 is 1.19 bits per heavy atom. The standard InChI is InChI=1S/C12H16N2O2/c1-9(15)8-14(3)12-6-4-11(5-7-12)13-10(2)16/h4-7H,8H2,1-3H3,(H,13,16). The molecule has 4 heteroatoms. The number of rotatable bonds is 4. The molecule has 0 aliphatic rings. The normalized spacial score (nSPS) is 9.69. The lowest BCUT2D eigenvalue weighted by Gasteiger charge is -2.17. The molecule has 0 saturated heterocycles. The van der Waals surface area contributed by atoms with Gasteiger partial charge >= 0.3 is 0 Å². The van der Waals surface area contributed by atoms with Crippen LogP contribution in [0.5, 0.6) is 0 Å². The average molecular weight is 220 g/mol. The molecule has 0 heterocycles. The van der Waals surface area contributed by atoms with Crippen molar-refractivity contribution >= 4 is 23.1 Å². The van der Waals surface area contributed by atoms with E-state index >= 15 is 0 Å². The van der Waals surface area contributed by atoms with E-state index in [1.54, 1.807) is 6.92 Å². The number of hydrogen-bond donors (Lipinski definition) is 1. The number of nitrogens with one attached hydrogen (secondary N) is 1. The second kappa shape index (κ2) is 5.30. The Morgan fingerprint density at radius 3 is 2.19 bits per heavy atom. The van der Waals surface area contributed by atoms with Crippen LogP contribution < -0.4 is 10.2 Å². The van der Waals surface area contributed by atoms with Crippen LogP contribution in [0.1, 0.15) is 13.8 Å². The minimum absolute atomic E-state index is 0.0927. The Morgan fingerprint density at radius 2 is 1.75 bits per heavy atom. The van der Waals surface area contributed by atoms with Gasteiger partial charge in [-0.2, -0.15) is 0 Å². The molecule has 0 fully saturated rings. The summed E-state index contributed by atoms with van der Waals surface area (Å²) in [6, 6.07) is 7.36. The lowest BCUT2D eigenvalue weighted by Crippen LogP contribution is -2.23. The van der Waals surface area contributed by atoms with Crippen LogP contribution in [0, 0.1) is 0 Å². The molecule has 0 aliphatic heterocycles. The minimum atomic E-state index is -0.0927. The van der Waals surface area contributed by atoms with Gasteiger partial charge in [0.2, 0.25) is 5.91 Å². The van der Waals surface area contributed by atoms with Crippen LogP contribution in [-0.2, 0) is 9.59 Å². The molecule has 0 saturated carbocycles. The lowest BCUT2D eigenvalue weighted by molar-refractivity contribution is -0.116. The van der Waals surface area contributed by atoms with Gasteiger partial charge in [0, 0.05) is 25.3 Å². The smallest absolute Gasteiger partial charge is 0.221 e. The topological polar surface area (TPSA) is 49.4 Å². The van der Waals surface area contributed by atoms with Gasteiger partial charge in [0.25, 0.3) is 0 Å². The Balaban J connectivity index is 2.70. The highest BCUT2D eigenvalue weighted by molar-refractivity contribution is 5.89. The molecule has 1 N–H and O–H groups in total. The second-order valence-electron chi connectivity index (χ2n) is 3.79. The molecule has 0 atom stereocenters. The highest BCUT2D eigenvalue weighted by atomic mass is 16.1. The van der Waals surface area contributed by atoms with Crippen molar-refractivity contribution in [1.29, 1.82) is 0 Å². The third-order valence-electron chi connectivity index (χ3n) is 2.09. The summed E-state index contributed by atoms with van der Waals surface area (Å²) in [7, 11) is 1.86. The third kappa shape index (κ3) is 3.73. The molecule has 1 aromatic carbocycles. The number of carbonyl (C=O) groups excluding carboxylic acids is 2. The van der Waals surface area contributed by atoms with Gasteiger partial charge in [0.1, 0.15) is 5.78 Å². The Bertz CT molecular complexity index is 385. The first kappa shape index (κ1) is 12.2. The van der Waals surface area contributed by atoms with E-state index in [1.807, 2.05) is 36.2 Å². The van der Waals surface area contributed by atoms with Crippen LogP contribution in [0.25, 0.3) is 0 Å². The quantitative estimate of drug-likeness (QED) is 0.839. The van der Waals surface area contributed by atoms with E-state index in [4.69, 9.17) is 0 Å². The largest absolute Gasteiger partial charge is 0.367 e. The second-order valence-corrected chi connectivity index (χ2v) is 3.79. The van der Waals surface area contributed by atoms with Crippen molar-refractivity contribution in [2.45, 2.75) is 13.8 Å². The van der Waals surface area contributed by atoms with Crippen LogP contribution in [0.3, 0.4) is 0 Å². The maximum atomic E-state index is 10.9. The third-order valence-corrected chi connectivity index (χ3v) is 2.09. The van der Waals surface area contributed by atoms with Crippen molar-refractivity contribution in [1.82, 2.24) is 0 Å². The van der Waals surface area contributed by atoms with Crippen LogP contribution in [0.15, 0.2) is 24.3 Å². The summed E-state index contributed by atoms with van der Waals surface area (Å²) in [6.07, 6.45) is 0. The fourth-order valence-electron chi connectivity index (χ4n) is 1.43. The van der Waals surface area contributed by atoms with E-state index in [0.717, 1.165) is 11.4 Å². The summed E-state index contributed by atoms with van der Waals surface area (Å²) in [5.41, 5.74) is 1.71. The van der Waals surface area contributed by atoms with Gasteiger partial charge in [-0.15, -0.1) is 0 Å². The van der Waals surface area contributed by atoms with E-state index in [1.165, 1.54) is 6.92 Å². The number of likely N-dealkylation sites (N-methyl/N-ethyl adjacent to an activating group) is 1. The van der Waals surface area contributed by atoms with Gasteiger partial charge < -0.3 is 10.2 Å². The highest BCUT2D eigenvalue weighted by Gasteiger charge is 2.03. The molecule has 86 valence electrons. The zero-order chi connectivity index (χ0) is 12.1. The number of anilines is 2. The molecule has 1 aromatic rings. The molecular formula is C12H16N2O2. The lowest BCUT2D eigenvalue weighted by atomic mass is 10.2. The molecule has 0 unspecified atom stereocenters. The predicted molar refractivity (Wildman–Crippen MR) is 64.7 cm³/mol. The number of ketones is 1. The first-order chi connectivity index (χ1) is 7.49. The summed E-state index contributed by atoms with van der Waals surface area (Å²) < 4.78 is 0. The van der Waals surface area contributed by atoms with Crippen molar-refractivity contribution in [2.75, 3.05) is 23.8 Å². The fraction of sp³-hybridized carbons (Fsp3) is 0.333. The highest BCUT2D eigenvalue weighted by Crippen LogP contribution is 2.16. The van der Waals surface area contributed by atoms with Crippen molar-refractivity contribution in [2.24, 2.45) is 0 Å². The number of nitrogens with zero attached hydrogens (tertiary/aromatic N) is 1. The van der Waals surface area contributed by atoms with Crippen molar-refractivity contribution in [3.05, 3.63) is 24.3 Å². The summed E-state index contributed by atoms with van der Waals surface area (Å²) in [4.78, 5) is 23.6. The van der Waals surface area contributed by atoms with Gasteiger partial charge in [-0.25, -0.2) is 0 Å². The van der Waals surface area contributed by atoms with E-state index in [-0.39, 0.29) is 11.7 Å². The molecule has 4 nitrogen and oxygen atoms in total. The van der Waals surface area contributed by atoms with E-state index in [2.05, 4.69) is 5.32 Å². The molecule has 0 aromatic heterocycles. The summed E-state index contributed by atoms with van der Waals surface area (Å²) in [6.45, 7) is 3.41. The molecule has 0 bridgehead atoms. The number of carbonyl (C=O) groups is 2. The van der Waals surface area contributed by atoms with E-state index in [0.29, 0.717) is 6.54 Å². The average Bonchev–Trinajstić information content (AvgIpc) is 2.16. The summed E-state index contributed by atoms with van der Waals surface area (Å²) in [5.74, 6) is 0.0262. The summed E-state index contributed by atoms with van der Waals surface area (Å²) >= 11 is 0. The van der Waals surface area contributed by atoms with Crippen LogP contribution in [0.4, 0.5) is 11.4 Å². The van der Waals surface area contributed by atoms with Gasteiger partial charge in [-0.1, -0.05) is 0 Å². The first-order valence-electron chi connectivity index (χ1n) is 5.07. The van der Waals surface area contributed by atoms with Crippen molar-refractivity contribution in [3.63, 3.8) is 0 Å². The van der Waals surface area contributed by atoms with Gasteiger partial charge in [0.05, 0.1) is 6.54 Å². The Hall–Kier alpha value is -1.84. The zero-order valence-corrected chi connectivity index (χ0v) is 9.78. The van der Waals surface area contributed by atoms with Crippen molar-refractivity contribution in [3.8, 4) is 0 Å². The van der Waals surface area contributed by atoms with Gasteiger partial charge in [-0.3, -0.25) is 9.59 Å². The molecule has 1 rings (SSSR count). The number of Topliss-reactive ketones (excluding diaryl/α,β-unsaturated/α-hetero) is 1. The Kier molecular flexibility index (Phi) is 4.05. The molecule has 0 radical (unpaired) electrons. The maximum Gasteiger partial charge on any atom is 0.221 e. The number of hydrogen-bond acceptors (Lipinski definition) is 3. The van der Waals surface area contributed by atoms with Crippen LogP contribution in [0.2, 0.25) is 0 Å². The predicted octanol–water partition coefficient (Wildman–Crippen LogP) is 1.67. The molecule has 16 heavy (non-hydrogen) atoms. The Labute approximate surface area is 95.3 Å². The SMILES string of the molecule is CC(=O)CN(C)c1ccc(NC(C)=O)cc1. The molecular weight excluding hydrogens is 204 g/mol. The van der Waals surface area contributed by atoms with Crippen LogP contribution in [-0.4, -0.2) is 25.3 Å². The van der Waals surface area contributed by atoms with Crippen molar-refractivity contribution < 1.29 is 9.59 Å². The fourth-order valence-corrected chi connectivity index (χ4v) is 1.43. The number of amides is 1. The van der Waals surface area contributed by atoms with Crippen LogP contribution >= 0.6 is 0 Å². The van der Waals surface area contributed by atoms with Gasteiger partial charge in [-0.05, 0) is 31.2 Å². The molecule has 1 amide bonds. The monoisotopic (exact) mass is 220 g/mol.